The Balaban J connectivity index is 1.73. The SMILES string of the molecule is O=C1[C@@H]2CCC[C@@H]1[C@@H](c1ccccc1)N[C@@H]2c1ccccc1. The largest absolute Gasteiger partial charge is 0.302 e. The van der Waals surface area contributed by atoms with Crippen LogP contribution in [0.5, 0.6) is 0 Å². The van der Waals surface area contributed by atoms with Crippen molar-refractivity contribution in [3.8, 4) is 0 Å². The predicted octanol–water partition coefficient (Wildman–Crippen LogP) is 4.06. The normalized spacial score (nSPS) is 31.0. The van der Waals surface area contributed by atoms with Gasteiger partial charge in [-0.05, 0) is 24.0 Å². The monoisotopic (exact) mass is 291 g/mol. The molecule has 22 heavy (non-hydrogen) atoms. The van der Waals surface area contributed by atoms with E-state index in [1.807, 2.05) is 12.1 Å². The smallest absolute Gasteiger partial charge is 0.142 e. The minimum absolute atomic E-state index is 0.140. The maximum absolute atomic E-state index is 12.9. The van der Waals surface area contributed by atoms with E-state index in [2.05, 4.69) is 53.8 Å². The van der Waals surface area contributed by atoms with Crippen molar-refractivity contribution in [3.05, 3.63) is 71.8 Å². The molecule has 1 saturated heterocycles. The van der Waals surface area contributed by atoms with Gasteiger partial charge in [0, 0.05) is 23.9 Å². The van der Waals surface area contributed by atoms with E-state index in [-0.39, 0.29) is 23.9 Å². The molecule has 2 bridgehead atoms. The van der Waals surface area contributed by atoms with Crippen LogP contribution >= 0.6 is 0 Å². The molecule has 0 unspecified atom stereocenters. The number of Topliss-reactive ketones (excluding diaryl/α,β-unsaturated/α-hetero) is 1. The molecule has 4 atom stereocenters. The van der Waals surface area contributed by atoms with Gasteiger partial charge < -0.3 is 5.32 Å². The molecular formula is C20H21NO. The van der Waals surface area contributed by atoms with E-state index in [0.717, 1.165) is 19.3 Å². The molecule has 0 aromatic heterocycles. The Labute approximate surface area is 131 Å². The number of hydrogen-bond acceptors (Lipinski definition) is 2. The van der Waals surface area contributed by atoms with Crippen LogP contribution in [-0.2, 0) is 4.79 Å². The molecule has 2 fully saturated rings. The van der Waals surface area contributed by atoms with E-state index < -0.39 is 0 Å². The van der Waals surface area contributed by atoms with Crippen LogP contribution in [0.25, 0.3) is 0 Å². The van der Waals surface area contributed by atoms with E-state index in [1.54, 1.807) is 0 Å². The summed E-state index contributed by atoms with van der Waals surface area (Å²) in [4.78, 5) is 12.9. The average molecular weight is 291 g/mol. The highest BCUT2D eigenvalue weighted by Crippen LogP contribution is 2.45. The highest BCUT2D eigenvalue weighted by atomic mass is 16.1. The molecule has 2 aromatic rings. The van der Waals surface area contributed by atoms with Gasteiger partial charge in [-0.1, -0.05) is 67.1 Å². The molecule has 0 amide bonds. The Morgan fingerprint density at radius 3 is 1.64 bits per heavy atom. The Morgan fingerprint density at radius 2 is 1.18 bits per heavy atom. The Kier molecular flexibility index (Phi) is 3.55. The second kappa shape index (κ2) is 5.69. The second-order valence-electron chi connectivity index (χ2n) is 6.49. The van der Waals surface area contributed by atoms with Crippen LogP contribution in [0.3, 0.4) is 0 Å². The number of carbonyl (C=O) groups is 1. The summed E-state index contributed by atoms with van der Waals surface area (Å²) in [6.45, 7) is 0. The Morgan fingerprint density at radius 1 is 0.727 bits per heavy atom. The second-order valence-corrected chi connectivity index (χ2v) is 6.49. The number of ketones is 1. The molecule has 1 saturated carbocycles. The van der Waals surface area contributed by atoms with Crippen molar-refractivity contribution in [1.82, 2.24) is 5.32 Å². The molecule has 2 nitrogen and oxygen atoms in total. The van der Waals surface area contributed by atoms with Crippen LogP contribution in [0.4, 0.5) is 0 Å². The highest BCUT2D eigenvalue weighted by Gasteiger charge is 2.46. The first-order valence-electron chi connectivity index (χ1n) is 8.24. The van der Waals surface area contributed by atoms with Crippen molar-refractivity contribution >= 4 is 5.78 Å². The zero-order chi connectivity index (χ0) is 14.9. The van der Waals surface area contributed by atoms with Gasteiger partial charge in [0.05, 0.1) is 0 Å². The first-order valence-corrected chi connectivity index (χ1v) is 8.24. The molecular weight excluding hydrogens is 270 g/mol. The lowest BCUT2D eigenvalue weighted by molar-refractivity contribution is -0.135. The third-order valence-electron chi connectivity index (χ3n) is 5.24. The first-order chi connectivity index (χ1) is 10.8. The lowest BCUT2D eigenvalue weighted by Gasteiger charge is -2.45. The third kappa shape index (κ3) is 2.28. The van der Waals surface area contributed by atoms with Crippen LogP contribution in [0.1, 0.15) is 42.5 Å². The van der Waals surface area contributed by atoms with Gasteiger partial charge in [-0.3, -0.25) is 4.79 Å². The molecule has 0 radical (unpaired) electrons. The third-order valence-corrected chi connectivity index (χ3v) is 5.24. The number of carbonyl (C=O) groups excluding carboxylic acids is 1. The molecule has 1 heterocycles. The summed E-state index contributed by atoms with van der Waals surface area (Å²) in [5, 5.41) is 3.80. The molecule has 1 aliphatic carbocycles. The summed E-state index contributed by atoms with van der Waals surface area (Å²) in [5.41, 5.74) is 2.48. The van der Waals surface area contributed by atoms with Gasteiger partial charge in [0.1, 0.15) is 5.78 Å². The number of piperidine rings is 1. The number of benzene rings is 2. The lowest BCUT2D eigenvalue weighted by Crippen LogP contribution is -2.50. The number of rotatable bonds is 2. The minimum Gasteiger partial charge on any atom is -0.302 e. The summed E-state index contributed by atoms with van der Waals surface area (Å²) >= 11 is 0. The number of fused-ring (bicyclic) bond motifs is 2. The summed E-state index contributed by atoms with van der Waals surface area (Å²) in [7, 11) is 0. The number of hydrogen-bond donors (Lipinski definition) is 1. The van der Waals surface area contributed by atoms with Crippen LogP contribution in [0, 0.1) is 11.8 Å². The zero-order valence-corrected chi connectivity index (χ0v) is 12.6. The summed E-state index contributed by atoms with van der Waals surface area (Å²) in [5.74, 6) is 0.745. The fraction of sp³-hybridized carbons (Fsp3) is 0.350. The van der Waals surface area contributed by atoms with Gasteiger partial charge in [0.2, 0.25) is 0 Å². The van der Waals surface area contributed by atoms with Gasteiger partial charge in [-0.2, -0.15) is 0 Å². The average Bonchev–Trinajstić information content (AvgIpc) is 2.57. The van der Waals surface area contributed by atoms with Gasteiger partial charge >= 0.3 is 0 Å². The fourth-order valence-corrected chi connectivity index (χ4v) is 4.18. The molecule has 112 valence electrons. The van der Waals surface area contributed by atoms with Crippen molar-refractivity contribution in [2.24, 2.45) is 11.8 Å². The Hall–Kier alpha value is -1.93. The van der Waals surface area contributed by atoms with E-state index in [9.17, 15) is 4.79 Å². The van der Waals surface area contributed by atoms with E-state index >= 15 is 0 Å². The van der Waals surface area contributed by atoms with Crippen molar-refractivity contribution < 1.29 is 4.79 Å². The molecule has 2 aliphatic rings. The van der Waals surface area contributed by atoms with Gasteiger partial charge in [-0.25, -0.2) is 0 Å². The van der Waals surface area contributed by atoms with E-state index in [0.29, 0.717) is 5.78 Å². The van der Waals surface area contributed by atoms with E-state index in [4.69, 9.17) is 0 Å². The minimum atomic E-state index is 0.140. The maximum atomic E-state index is 12.9. The summed E-state index contributed by atoms with van der Waals surface area (Å²) in [6, 6.07) is 21.2. The van der Waals surface area contributed by atoms with Crippen molar-refractivity contribution in [1.29, 1.82) is 0 Å². The van der Waals surface area contributed by atoms with Gasteiger partial charge in [0.15, 0.2) is 0 Å². The number of nitrogens with one attached hydrogen (secondary N) is 1. The van der Waals surface area contributed by atoms with Crippen LogP contribution in [0.2, 0.25) is 0 Å². The van der Waals surface area contributed by atoms with Crippen molar-refractivity contribution in [3.63, 3.8) is 0 Å². The topological polar surface area (TPSA) is 29.1 Å². The van der Waals surface area contributed by atoms with Crippen LogP contribution in [0.15, 0.2) is 60.7 Å². The zero-order valence-electron chi connectivity index (χ0n) is 12.6. The van der Waals surface area contributed by atoms with Crippen molar-refractivity contribution in [2.45, 2.75) is 31.3 Å². The van der Waals surface area contributed by atoms with Crippen molar-refractivity contribution in [2.75, 3.05) is 0 Å². The summed E-state index contributed by atoms with van der Waals surface area (Å²) < 4.78 is 0. The molecule has 1 aliphatic heterocycles. The molecule has 2 aromatic carbocycles. The molecule has 1 N–H and O–H groups in total. The summed E-state index contributed by atoms with van der Waals surface area (Å²) in [6.07, 6.45) is 3.20. The van der Waals surface area contributed by atoms with Crippen LogP contribution < -0.4 is 5.32 Å². The molecule has 2 heteroatoms. The lowest BCUT2D eigenvalue weighted by atomic mass is 9.67. The quantitative estimate of drug-likeness (QED) is 0.904. The molecule has 4 rings (SSSR count). The van der Waals surface area contributed by atoms with Gasteiger partial charge in [0.25, 0.3) is 0 Å². The maximum Gasteiger partial charge on any atom is 0.142 e. The van der Waals surface area contributed by atoms with E-state index in [1.165, 1.54) is 11.1 Å². The predicted molar refractivity (Wildman–Crippen MR) is 87.3 cm³/mol. The highest BCUT2D eigenvalue weighted by molar-refractivity contribution is 5.86. The standard InChI is InChI=1S/C20H21NO/c22-20-16-12-7-13-17(20)19(15-10-5-2-6-11-15)21-18(16)14-8-3-1-4-9-14/h1-6,8-11,16-19,21H,7,12-13H2/t16-,17-,18-,19-/m1/s1. The Bertz CT molecular complexity index is 596. The van der Waals surface area contributed by atoms with Crippen LogP contribution in [-0.4, -0.2) is 5.78 Å². The fourth-order valence-electron chi connectivity index (χ4n) is 4.18. The molecule has 0 spiro atoms. The van der Waals surface area contributed by atoms with Gasteiger partial charge in [-0.15, -0.1) is 0 Å². The first kappa shape index (κ1) is 13.7.